The van der Waals surface area contributed by atoms with Crippen molar-refractivity contribution in [3.8, 4) is 11.5 Å². The average Bonchev–Trinajstić information content (AvgIpc) is 2.68. The fraction of sp³-hybridized carbons (Fsp3) is 0. The number of carboxylic acids is 1. The van der Waals surface area contributed by atoms with Crippen molar-refractivity contribution in [3.63, 3.8) is 0 Å². The smallest absolute Gasteiger partial charge is 0.335 e. The molecule has 7 heteroatoms. The molecule has 3 rings (SSSR count). The molecule has 0 amide bonds. The van der Waals surface area contributed by atoms with Gasteiger partial charge in [0.25, 0.3) is 0 Å². The fourth-order valence-corrected chi connectivity index (χ4v) is 2.47. The Morgan fingerprint density at radius 2 is 1.32 bits per heavy atom. The van der Waals surface area contributed by atoms with Crippen LogP contribution in [0.4, 0.5) is 5.69 Å². The van der Waals surface area contributed by atoms with Crippen LogP contribution >= 0.6 is 0 Å². The molecule has 0 aliphatic rings. The molecule has 0 atom stereocenters. The lowest BCUT2D eigenvalue weighted by molar-refractivity contribution is 0.0697. The van der Waals surface area contributed by atoms with Crippen LogP contribution in [0.2, 0.25) is 0 Å². The number of nitrogens with zero attached hydrogens (tertiary/aromatic N) is 2. The first-order valence-electron chi connectivity index (χ1n) is 8.28. The highest BCUT2D eigenvalue weighted by atomic mass is 16.4. The third kappa shape index (κ3) is 4.16. The summed E-state index contributed by atoms with van der Waals surface area (Å²) in [5, 5.41) is 29.2. The third-order valence-electron chi connectivity index (χ3n) is 3.90. The molecule has 0 spiro atoms. The highest BCUT2D eigenvalue weighted by Crippen LogP contribution is 2.22. The molecule has 0 aromatic heterocycles. The molecule has 0 saturated carbocycles. The van der Waals surface area contributed by atoms with E-state index in [1.807, 2.05) is 0 Å². The monoisotopic (exact) mass is 375 g/mol. The third-order valence-corrected chi connectivity index (χ3v) is 3.90. The summed E-state index contributed by atoms with van der Waals surface area (Å²) >= 11 is 0. The number of para-hydroxylation sites is 2. The maximum Gasteiger partial charge on any atom is 0.335 e. The summed E-state index contributed by atoms with van der Waals surface area (Å²) < 4.78 is 0. The van der Waals surface area contributed by atoms with Crippen LogP contribution in [0.15, 0.2) is 82.8 Å². The molecule has 0 saturated heterocycles. The van der Waals surface area contributed by atoms with Crippen molar-refractivity contribution < 1.29 is 20.1 Å². The molecular weight excluding hydrogens is 358 g/mol. The van der Waals surface area contributed by atoms with E-state index in [1.165, 1.54) is 36.4 Å². The SMILES string of the molecule is NC(=NC(=Nc1ccc(C(=O)O)cc1)c1ccccc1O)c1ccccc1O. The number of amidine groups is 2. The van der Waals surface area contributed by atoms with Gasteiger partial charge in [-0.05, 0) is 48.5 Å². The number of benzene rings is 3. The molecular formula is C21H17N3O4. The molecule has 0 radical (unpaired) electrons. The maximum atomic E-state index is 11.0. The molecule has 0 bridgehead atoms. The Morgan fingerprint density at radius 1 is 0.786 bits per heavy atom. The van der Waals surface area contributed by atoms with E-state index in [-0.39, 0.29) is 28.7 Å². The zero-order valence-electron chi connectivity index (χ0n) is 14.6. The summed E-state index contributed by atoms with van der Waals surface area (Å²) in [5.74, 6) is -0.995. The Labute approximate surface area is 160 Å². The van der Waals surface area contributed by atoms with Crippen molar-refractivity contribution in [1.29, 1.82) is 0 Å². The standard InChI is InChI=1S/C21H17N3O4/c22-19(15-5-1-3-7-17(15)25)24-20(16-6-2-4-8-18(16)26)23-14-11-9-13(10-12-14)21(27)28/h1-12,25-26H,(H,27,28)(H2,22,23,24). The van der Waals surface area contributed by atoms with Crippen LogP contribution < -0.4 is 5.73 Å². The highest BCUT2D eigenvalue weighted by molar-refractivity contribution is 6.13. The first-order chi connectivity index (χ1) is 13.5. The lowest BCUT2D eigenvalue weighted by atomic mass is 10.1. The fourth-order valence-electron chi connectivity index (χ4n) is 2.47. The minimum atomic E-state index is -1.04. The van der Waals surface area contributed by atoms with E-state index in [2.05, 4.69) is 9.98 Å². The van der Waals surface area contributed by atoms with Crippen molar-refractivity contribution in [2.75, 3.05) is 0 Å². The number of rotatable bonds is 4. The van der Waals surface area contributed by atoms with Gasteiger partial charge in [0.15, 0.2) is 5.84 Å². The van der Waals surface area contributed by atoms with E-state index < -0.39 is 5.97 Å². The van der Waals surface area contributed by atoms with Crippen LogP contribution in [0.3, 0.4) is 0 Å². The Balaban J connectivity index is 2.10. The molecule has 140 valence electrons. The van der Waals surface area contributed by atoms with Crippen molar-refractivity contribution in [2.24, 2.45) is 15.7 Å². The van der Waals surface area contributed by atoms with Crippen LogP contribution in [0.25, 0.3) is 0 Å². The van der Waals surface area contributed by atoms with Gasteiger partial charge in [-0.15, -0.1) is 0 Å². The van der Waals surface area contributed by atoms with Gasteiger partial charge < -0.3 is 21.1 Å². The lowest BCUT2D eigenvalue weighted by Crippen LogP contribution is -2.16. The largest absolute Gasteiger partial charge is 0.507 e. The van der Waals surface area contributed by atoms with Crippen LogP contribution in [-0.4, -0.2) is 33.0 Å². The van der Waals surface area contributed by atoms with Gasteiger partial charge >= 0.3 is 5.97 Å². The van der Waals surface area contributed by atoms with Crippen LogP contribution in [0, 0.1) is 0 Å². The number of aliphatic imine (C=N–C) groups is 2. The Morgan fingerprint density at radius 3 is 1.86 bits per heavy atom. The summed E-state index contributed by atoms with van der Waals surface area (Å²) in [4.78, 5) is 19.7. The van der Waals surface area contributed by atoms with Gasteiger partial charge in [-0.1, -0.05) is 24.3 Å². The minimum absolute atomic E-state index is 0.0160. The second-order valence-electron chi connectivity index (χ2n) is 5.82. The van der Waals surface area contributed by atoms with E-state index in [9.17, 15) is 15.0 Å². The molecule has 7 nitrogen and oxygen atoms in total. The second-order valence-corrected chi connectivity index (χ2v) is 5.82. The van der Waals surface area contributed by atoms with Crippen molar-refractivity contribution in [1.82, 2.24) is 0 Å². The Kier molecular flexibility index (Phi) is 5.36. The first kappa shape index (κ1) is 18.7. The number of aromatic carboxylic acids is 1. The summed E-state index contributed by atoms with van der Waals surface area (Å²) in [6, 6.07) is 18.8. The van der Waals surface area contributed by atoms with Crippen molar-refractivity contribution in [2.45, 2.75) is 0 Å². The number of aromatic hydroxyl groups is 2. The zero-order valence-corrected chi connectivity index (χ0v) is 14.6. The van der Waals surface area contributed by atoms with Gasteiger partial charge in [0.1, 0.15) is 17.3 Å². The van der Waals surface area contributed by atoms with Crippen LogP contribution in [0.1, 0.15) is 21.5 Å². The topological polar surface area (TPSA) is 128 Å². The van der Waals surface area contributed by atoms with Crippen LogP contribution in [-0.2, 0) is 0 Å². The quantitative estimate of drug-likeness (QED) is 0.411. The number of carboxylic acid groups (broad SMARTS) is 1. The summed E-state index contributed by atoms with van der Waals surface area (Å²) in [5.41, 5.74) is 7.27. The highest BCUT2D eigenvalue weighted by Gasteiger charge is 2.12. The summed E-state index contributed by atoms with van der Waals surface area (Å²) in [6.07, 6.45) is 0. The maximum absolute atomic E-state index is 11.0. The van der Waals surface area contributed by atoms with Gasteiger partial charge in [0, 0.05) is 0 Å². The zero-order chi connectivity index (χ0) is 20.1. The molecule has 28 heavy (non-hydrogen) atoms. The van der Waals surface area contributed by atoms with E-state index in [1.54, 1.807) is 36.4 Å². The number of hydrogen-bond donors (Lipinski definition) is 4. The van der Waals surface area contributed by atoms with E-state index in [0.29, 0.717) is 16.8 Å². The minimum Gasteiger partial charge on any atom is -0.507 e. The van der Waals surface area contributed by atoms with Crippen LogP contribution in [0.5, 0.6) is 11.5 Å². The molecule has 3 aromatic carbocycles. The summed E-state index contributed by atoms with van der Waals surface area (Å²) in [6.45, 7) is 0. The predicted molar refractivity (Wildman–Crippen MR) is 107 cm³/mol. The molecule has 3 aromatic rings. The van der Waals surface area contributed by atoms with Gasteiger partial charge in [0.05, 0.1) is 22.4 Å². The Hall–Kier alpha value is -4.13. The van der Waals surface area contributed by atoms with Gasteiger partial charge in [-0.2, -0.15) is 0 Å². The van der Waals surface area contributed by atoms with Gasteiger partial charge in [-0.3, -0.25) is 0 Å². The Bertz CT molecular complexity index is 1070. The van der Waals surface area contributed by atoms with E-state index >= 15 is 0 Å². The first-order valence-corrected chi connectivity index (χ1v) is 8.28. The molecule has 0 aliphatic carbocycles. The molecule has 5 N–H and O–H groups in total. The number of hydrogen-bond acceptors (Lipinski definition) is 4. The predicted octanol–water partition coefficient (Wildman–Crippen LogP) is 3.28. The number of carbonyl (C=O) groups is 1. The lowest BCUT2D eigenvalue weighted by Gasteiger charge is -2.08. The molecule has 0 fully saturated rings. The van der Waals surface area contributed by atoms with Crippen molar-refractivity contribution in [3.05, 3.63) is 89.5 Å². The summed E-state index contributed by atoms with van der Waals surface area (Å²) in [7, 11) is 0. The number of phenols is 2. The molecule has 0 heterocycles. The van der Waals surface area contributed by atoms with E-state index in [4.69, 9.17) is 10.8 Å². The number of phenolic OH excluding ortho intramolecular Hbond substituents is 2. The van der Waals surface area contributed by atoms with Gasteiger partial charge in [-0.25, -0.2) is 14.8 Å². The number of nitrogens with two attached hydrogens (primary N) is 1. The molecule has 0 unspecified atom stereocenters. The second kappa shape index (κ2) is 8.05. The van der Waals surface area contributed by atoms with Crippen molar-refractivity contribution >= 4 is 23.3 Å². The average molecular weight is 375 g/mol. The van der Waals surface area contributed by atoms with E-state index in [0.717, 1.165) is 0 Å². The van der Waals surface area contributed by atoms with Gasteiger partial charge in [0.2, 0.25) is 0 Å². The molecule has 0 aliphatic heterocycles. The normalized spacial score (nSPS) is 12.0.